The maximum absolute atomic E-state index is 12.5. The van der Waals surface area contributed by atoms with E-state index in [2.05, 4.69) is 21.8 Å². The second-order valence-electron chi connectivity index (χ2n) is 3.36. The summed E-state index contributed by atoms with van der Waals surface area (Å²) in [6.07, 6.45) is 0.929. The molecule has 20 heavy (non-hydrogen) atoms. The molecule has 0 saturated heterocycles. The minimum Gasteiger partial charge on any atom is -0.462 e. The predicted molar refractivity (Wildman–Crippen MR) is 72.0 cm³/mol. The number of oxime groups is 1. The average Bonchev–Trinajstić information content (AvgIpc) is 2.40. The van der Waals surface area contributed by atoms with Crippen LogP contribution in [0, 0.1) is 11.6 Å². The van der Waals surface area contributed by atoms with E-state index in [1.807, 2.05) is 0 Å². The van der Waals surface area contributed by atoms with Gasteiger partial charge in [-0.15, -0.1) is 0 Å². The second kappa shape index (κ2) is 9.48. The van der Waals surface area contributed by atoms with Crippen LogP contribution < -0.4 is 5.32 Å². The lowest BCUT2D eigenvalue weighted by molar-refractivity contribution is -0.137. The highest BCUT2D eigenvalue weighted by Gasteiger charge is 2.03. The lowest BCUT2D eigenvalue weighted by atomic mass is 10.3. The number of halogens is 2. The number of anilines is 1. The number of nitrogens with zero attached hydrogens (tertiary/aromatic N) is 1. The Morgan fingerprint density at radius 3 is 2.65 bits per heavy atom. The van der Waals surface area contributed by atoms with Crippen LogP contribution in [0.3, 0.4) is 0 Å². The Balaban J connectivity index is 0.000000361. The first kappa shape index (κ1) is 17.6. The minimum atomic E-state index is -0.569. The molecule has 0 spiro atoms. The van der Waals surface area contributed by atoms with Gasteiger partial charge in [-0.1, -0.05) is 11.7 Å². The van der Waals surface area contributed by atoms with Crippen molar-refractivity contribution in [1.29, 1.82) is 0 Å². The highest BCUT2D eigenvalue weighted by molar-refractivity contribution is 6.08. The van der Waals surface area contributed by atoms with Gasteiger partial charge in [0.25, 0.3) is 0 Å². The van der Waals surface area contributed by atoms with Gasteiger partial charge in [0.15, 0.2) is 0 Å². The molecule has 0 fully saturated rings. The van der Waals surface area contributed by atoms with Gasteiger partial charge in [0.05, 0.1) is 24.1 Å². The molecule has 1 rings (SSSR count). The van der Waals surface area contributed by atoms with Gasteiger partial charge in [0.1, 0.15) is 11.6 Å². The standard InChI is InChI=1S/C7H7F2N.C6H9NO3/c1-10-7-3-2-5(8)4-6(7)9;1-3-10-6(8)5(2)4-7-9/h2-4,10H,1H3;4,9H,2-3H2,1H3/b;7-4+. The summed E-state index contributed by atoms with van der Waals surface area (Å²) in [7, 11) is 1.58. The van der Waals surface area contributed by atoms with Crippen molar-refractivity contribution < 1.29 is 23.5 Å². The third kappa shape index (κ3) is 6.48. The molecule has 0 bridgehead atoms. The summed E-state index contributed by atoms with van der Waals surface area (Å²) in [6, 6.07) is 3.39. The lowest BCUT2D eigenvalue weighted by Gasteiger charge is -1.99. The number of rotatable bonds is 4. The number of hydrogen-bond acceptors (Lipinski definition) is 5. The van der Waals surface area contributed by atoms with Gasteiger partial charge in [-0.2, -0.15) is 0 Å². The molecular weight excluding hydrogens is 270 g/mol. The normalized spacial score (nSPS) is 9.60. The zero-order valence-corrected chi connectivity index (χ0v) is 11.2. The van der Waals surface area contributed by atoms with Crippen molar-refractivity contribution in [3.05, 3.63) is 42.0 Å². The Kier molecular flexibility index (Phi) is 8.33. The average molecular weight is 286 g/mol. The maximum Gasteiger partial charge on any atom is 0.339 e. The number of carbonyl (C=O) groups is 1. The maximum atomic E-state index is 12.5. The first-order valence-electron chi connectivity index (χ1n) is 5.62. The van der Waals surface area contributed by atoms with E-state index in [1.54, 1.807) is 14.0 Å². The van der Waals surface area contributed by atoms with E-state index in [9.17, 15) is 13.6 Å². The molecule has 0 amide bonds. The van der Waals surface area contributed by atoms with Crippen LogP contribution in [0.2, 0.25) is 0 Å². The Labute approximate surface area is 115 Å². The van der Waals surface area contributed by atoms with E-state index in [0.717, 1.165) is 12.3 Å². The molecule has 0 radical (unpaired) electrons. The van der Waals surface area contributed by atoms with E-state index in [-0.39, 0.29) is 12.2 Å². The largest absolute Gasteiger partial charge is 0.462 e. The zero-order chi connectivity index (χ0) is 15.5. The molecule has 110 valence electrons. The lowest BCUT2D eigenvalue weighted by Crippen LogP contribution is -2.07. The van der Waals surface area contributed by atoms with Crippen LogP contribution in [0.15, 0.2) is 35.5 Å². The van der Waals surface area contributed by atoms with E-state index in [4.69, 9.17) is 5.21 Å². The SMILES string of the molecule is C=C(/C=N/O)C(=O)OCC.CNc1ccc(F)cc1F. The number of nitrogens with one attached hydrogen (secondary N) is 1. The van der Waals surface area contributed by atoms with Gasteiger partial charge in [-0.25, -0.2) is 13.6 Å². The Morgan fingerprint density at radius 2 is 2.20 bits per heavy atom. The fraction of sp³-hybridized carbons (Fsp3) is 0.231. The van der Waals surface area contributed by atoms with Crippen LogP contribution in [0.25, 0.3) is 0 Å². The summed E-state index contributed by atoms with van der Waals surface area (Å²) in [6.45, 7) is 5.25. The summed E-state index contributed by atoms with van der Waals surface area (Å²) in [5.74, 6) is -1.70. The highest BCUT2D eigenvalue weighted by atomic mass is 19.1. The van der Waals surface area contributed by atoms with Crippen molar-refractivity contribution in [2.75, 3.05) is 19.0 Å². The fourth-order valence-corrected chi connectivity index (χ4v) is 1.04. The highest BCUT2D eigenvalue weighted by Crippen LogP contribution is 2.13. The van der Waals surface area contributed by atoms with Crippen molar-refractivity contribution in [1.82, 2.24) is 0 Å². The van der Waals surface area contributed by atoms with Crippen molar-refractivity contribution in [2.24, 2.45) is 5.16 Å². The predicted octanol–water partition coefficient (Wildman–Crippen LogP) is 2.57. The third-order valence-electron chi connectivity index (χ3n) is 1.95. The monoisotopic (exact) mass is 286 g/mol. The molecule has 1 aromatic rings. The molecule has 0 saturated carbocycles. The molecule has 0 heterocycles. The molecule has 5 nitrogen and oxygen atoms in total. The van der Waals surface area contributed by atoms with Gasteiger partial charge in [-0.05, 0) is 19.1 Å². The Morgan fingerprint density at radius 1 is 1.55 bits per heavy atom. The van der Waals surface area contributed by atoms with Gasteiger partial charge < -0.3 is 15.3 Å². The van der Waals surface area contributed by atoms with Gasteiger partial charge in [0.2, 0.25) is 0 Å². The van der Waals surface area contributed by atoms with E-state index >= 15 is 0 Å². The topological polar surface area (TPSA) is 70.9 Å². The van der Waals surface area contributed by atoms with Crippen LogP contribution in [0.4, 0.5) is 14.5 Å². The van der Waals surface area contributed by atoms with Crippen LogP contribution in [0.1, 0.15) is 6.92 Å². The van der Waals surface area contributed by atoms with E-state index < -0.39 is 17.6 Å². The smallest absolute Gasteiger partial charge is 0.339 e. The molecule has 0 aliphatic rings. The third-order valence-corrected chi connectivity index (χ3v) is 1.95. The second-order valence-corrected chi connectivity index (χ2v) is 3.36. The number of benzene rings is 1. The summed E-state index contributed by atoms with van der Waals surface area (Å²) in [5, 5.41) is 13.1. The fourth-order valence-electron chi connectivity index (χ4n) is 1.04. The molecular formula is C13H16F2N2O3. The van der Waals surface area contributed by atoms with Crippen molar-refractivity contribution in [3.63, 3.8) is 0 Å². The van der Waals surface area contributed by atoms with Gasteiger partial charge in [0, 0.05) is 13.1 Å². The molecule has 0 aliphatic carbocycles. The van der Waals surface area contributed by atoms with Crippen LogP contribution >= 0.6 is 0 Å². The van der Waals surface area contributed by atoms with Crippen LogP contribution in [-0.4, -0.2) is 31.0 Å². The number of hydrogen-bond donors (Lipinski definition) is 2. The molecule has 0 aliphatic heterocycles. The summed E-state index contributed by atoms with van der Waals surface area (Å²) < 4.78 is 29.3. The summed E-state index contributed by atoms with van der Waals surface area (Å²) >= 11 is 0. The molecule has 0 aromatic heterocycles. The van der Waals surface area contributed by atoms with E-state index in [1.165, 1.54) is 12.1 Å². The van der Waals surface area contributed by atoms with Gasteiger partial charge >= 0.3 is 5.97 Å². The minimum absolute atomic E-state index is 0.0318. The quantitative estimate of drug-likeness (QED) is 0.293. The number of ether oxygens (including phenoxy) is 1. The Hall–Kier alpha value is -2.44. The number of carbonyl (C=O) groups excluding carboxylic acids is 1. The number of esters is 1. The molecule has 2 N–H and O–H groups in total. The van der Waals surface area contributed by atoms with Crippen molar-refractivity contribution in [3.8, 4) is 0 Å². The zero-order valence-electron chi connectivity index (χ0n) is 11.2. The summed E-state index contributed by atoms with van der Waals surface area (Å²) in [4.78, 5) is 10.6. The van der Waals surface area contributed by atoms with Crippen LogP contribution in [0.5, 0.6) is 0 Å². The molecule has 1 aromatic carbocycles. The van der Waals surface area contributed by atoms with Gasteiger partial charge in [-0.3, -0.25) is 0 Å². The molecule has 7 heteroatoms. The molecule has 0 unspecified atom stereocenters. The summed E-state index contributed by atoms with van der Waals surface area (Å²) in [5.41, 5.74) is 0.339. The Bertz CT molecular complexity index is 491. The van der Waals surface area contributed by atoms with E-state index in [0.29, 0.717) is 5.69 Å². The van der Waals surface area contributed by atoms with Crippen molar-refractivity contribution in [2.45, 2.75) is 6.92 Å². The van der Waals surface area contributed by atoms with Crippen molar-refractivity contribution >= 4 is 17.9 Å². The molecule has 0 atom stereocenters. The first-order valence-corrected chi connectivity index (χ1v) is 5.62. The van der Waals surface area contributed by atoms with Crippen LogP contribution in [-0.2, 0) is 9.53 Å². The first-order chi connectivity index (χ1) is 9.46.